The van der Waals surface area contributed by atoms with Crippen molar-refractivity contribution >= 4 is 29.1 Å². The number of rotatable bonds is 3. The topological polar surface area (TPSA) is 75.4 Å². The SMILES string of the molecule is NC(=S)CCN1C(=O)NC2(CCCCC2)C1=O. The van der Waals surface area contributed by atoms with Crippen molar-refractivity contribution in [2.75, 3.05) is 6.54 Å². The van der Waals surface area contributed by atoms with E-state index in [4.69, 9.17) is 18.0 Å². The fourth-order valence-corrected chi connectivity index (χ4v) is 2.69. The fraction of sp³-hybridized carbons (Fsp3) is 0.727. The number of carbonyl (C=O) groups excluding carboxylic acids is 2. The molecule has 17 heavy (non-hydrogen) atoms. The van der Waals surface area contributed by atoms with Gasteiger partial charge in [0.25, 0.3) is 5.91 Å². The third-order valence-corrected chi connectivity index (χ3v) is 3.74. The van der Waals surface area contributed by atoms with Crippen LogP contribution in [0.25, 0.3) is 0 Å². The summed E-state index contributed by atoms with van der Waals surface area (Å²) in [5.41, 5.74) is 4.76. The predicted molar refractivity (Wildman–Crippen MR) is 67.5 cm³/mol. The summed E-state index contributed by atoms with van der Waals surface area (Å²) >= 11 is 4.76. The molecule has 1 aliphatic carbocycles. The van der Waals surface area contributed by atoms with Gasteiger partial charge in [0.2, 0.25) is 0 Å². The lowest BCUT2D eigenvalue weighted by Gasteiger charge is -2.30. The molecule has 0 unspecified atom stereocenters. The van der Waals surface area contributed by atoms with Crippen molar-refractivity contribution in [3.8, 4) is 0 Å². The molecule has 0 atom stereocenters. The molecular weight excluding hydrogens is 238 g/mol. The van der Waals surface area contributed by atoms with Crippen LogP contribution in [0.3, 0.4) is 0 Å². The van der Waals surface area contributed by atoms with Crippen molar-refractivity contribution in [3.05, 3.63) is 0 Å². The largest absolute Gasteiger partial charge is 0.393 e. The van der Waals surface area contributed by atoms with Crippen LogP contribution in [0.1, 0.15) is 38.5 Å². The number of amides is 3. The second-order valence-electron chi connectivity index (χ2n) is 4.75. The maximum absolute atomic E-state index is 12.3. The van der Waals surface area contributed by atoms with E-state index in [1.165, 1.54) is 4.90 Å². The summed E-state index contributed by atoms with van der Waals surface area (Å²) in [6, 6.07) is -0.298. The van der Waals surface area contributed by atoms with Crippen LogP contribution in [-0.4, -0.2) is 33.9 Å². The molecule has 0 radical (unpaired) electrons. The van der Waals surface area contributed by atoms with E-state index in [9.17, 15) is 9.59 Å². The Kier molecular flexibility index (Phi) is 3.33. The molecule has 0 bridgehead atoms. The van der Waals surface area contributed by atoms with E-state index in [1.54, 1.807) is 0 Å². The monoisotopic (exact) mass is 255 g/mol. The van der Waals surface area contributed by atoms with E-state index in [-0.39, 0.29) is 11.9 Å². The molecule has 1 saturated heterocycles. The van der Waals surface area contributed by atoms with Crippen LogP contribution in [0.2, 0.25) is 0 Å². The Bertz CT molecular complexity index is 364. The summed E-state index contributed by atoms with van der Waals surface area (Å²) < 4.78 is 0. The van der Waals surface area contributed by atoms with Crippen molar-refractivity contribution in [2.45, 2.75) is 44.1 Å². The molecule has 1 heterocycles. The highest BCUT2D eigenvalue weighted by Crippen LogP contribution is 2.33. The summed E-state index contributed by atoms with van der Waals surface area (Å²) in [6.45, 7) is 0.293. The predicted octanol–water partition coefficient (Wildman–Crippen LogP) is 0.917. The third kappa shape index (κ3) is 2.26. The zero-order valence-electron chi connectivity index (χ0n) is 9.70. The van der Waals surface area contributed by atoms with E-state index in [0.717, 1.165) is 32.1 Å². The second kappa shape index (κ2) is 4.60. The standard InChI is InChI=1S/C11H17N3O2S/c12-8(17)4-7-14-9(15)11(13-10(14)16)5-2-1-3-6-11/h1-7H2,(H2,12,17)(H,13,16). The van der Waals surface area contributed by atoms with E-state index < -0.39 is 5.54 Å². The molecule has 3 amide bonds. The maximum Gasteiger partial charge on any atom is 0.325 e. The van der Waals surface area contributed by atoms with Crippen molar-refractivity contribution in [1.29, 1.82) is 0 Å². The molecule has 6 heteroatoms. The van der Waals surface area contributed by atoms with Gasteiger partial charge in [-0.25, -0.2) is 4.79 Å². The lowest BCUT2D eigenvalue weighted by molar-refractivity contribution is -0.132. The van der Waals surface area contributed by atoms with Gasteiger partial charge in [-0.05, 0) is 12.8 Å². The van der Waals surface area contributed by atoms with Crippen LogP contribution in [0.5, 0.6) is 0 Å². The zero-order valence-corrected chi connectivity index (χ0v) is 10.5. The fourth-order valence-electron chi connectivity index (χ4n) is 2.60. The minimum Gasteiger partial charge on any atom is -0.393 e. The maximum atomic E-state index is 12.3. The van der Waals surface area contributed by atoms with E-state index in [1.807, 2.05) is 0 Å². The van der Waals surface area contributed by atoms with Gasteiger partial charge in [-0.15, -0.1) is 0 Å². The highest BCUT2D eigenvalue weighted by molar-refractivity contribution is 7.80. The first-order chi connectivity index (χ1) is 8.05. The number of nitrogens with zero attached hydrogens (tertiary/aromatic N) is 1. The Hall–Kier alpha value is -1.17. The smallest absolute Gasteiger partial charge is 0.325 e. The minimum atomic E-state index is -0.633. The summed E-state index contributed by atoms with van der Waals surface area (Å²) in [5.74, 6) is -0.0987. The van der Waals surface area contributed by atoms with Gasteiger partial charge in [0.1, 0.15) is 5.54 Å². The van der Waals surface area contributed by atoms with E-state index >= 15 is 0 Å². The molecule has 1 spiro atoms. The molecule has 5 nitrogen and oxygen atoms in total. The molecule has 0 aromatic carbocycles. The summed E-state index contributed by atoms with van der Waals surface area (Å²) in [5, 5.41) is 2.85. The van der Waals surface area contributed by atoms with Crippen LogP contribution in [-0.2, 0) is 4.79 Å². The number of urea groups is 1. The number of nitrogens with two attached hydrogens (primary N) is 1. The third-order valence-electron chi connectivity index (χ3n) is 3.53. The van der Waals surface area contributed by atoms with Crippen LogP contribution in [0, 0.1) is 0 Å². The van der Waals surface area contributed by atoms with E-state index in [2.05, 4.69) is 5.32 Å². The molecule has 1 aliphatic heterocycles. The number of imide groups is 1. The van der Waals surface area contributed by atoms with Gasteiger partial charge < -0.3 is 11.1 Å². The average Bonchev–Trinajstić information content (AvgIpc) is 2.50. The molecule has 3 N–H and O–H groups in total. The van der Waals surface area contributed by atoms with Gasteiger partial charge in [-0.1, -0.05) is 31.5 Å². The second-order valence-corrected chi connectivity index (χ2v) is 5.27. The van der Waals surface area contributed by atoms with Gasteiger partial charge >= 0.3 is 6.03 Å². The number of carbonyl (C=O) groups is 2. The Labute approximate surface area is 106 Å². The van der Waals surface area contributed by atoms with Crippen molar-refractivity contribution in [2.24, 2.45) is 5.73 Å². The van der Waals surface area contributed by atoms with Gasteiger partial charge in [-0.3, -0.25) is 9.69 Å². The molecule has 2 aliphatic rings. The highest BCUT2D eigenvalue weighted by Gasteiger charge is 2.50. The molecule has 1 saturated carbocycles. The zero-order chi connectivity index (χ0) is 12.5. The quantitative estimate of drug-likeness (QED) is 0.581. The van der Waals surface area contributed by atoms with Gasteiger partial charge in [0, 0.05) is 13.0 Å². The van der Waals surface area contributed by atoms with Crippen LogP contribution >= 0.6 is 12.2 Å². The van der Waals surface area contributed by atoms with E-state index in [0.29, 0.717) is 18.0 Å². The van der Waals surface area contributed by atoms with Crippen molar-refractivity contribution < 1.29 is 9.59 Å². The lowest BCUT2D eigenvalue weighted by atomic mass is 9.82. The minimum absolute atomic E-state index is 0.0987. The normalized spacial score (nSPS) is 22.9. The number of hydrogen-bond acceptors (Lipinski definition) is 3. The molecule has 2 rings (SSSR count). The molecular formula is C11H17N3O2S. The first kappa shape index (κ1) is 12.3. The summed E-state index contributed by atoms with van der Waals surface area (Å²) in [4.78, 5) is 25.6. The first-order valence-electron chi connectivity index (χ1n) is 5.98. The Morgan fingerprint density at radius 2 is 2.00 bits per heavy atom. The van der Waals surface area contributed by atoms with Crippen LogP contribution in [0.15, 0.2) is 0 Å². The van der Waals surface area contributed by atoms with Crippen molar-refractivity contribution in [3.63, 3.8) is 0 Å². The number of nitrogens with one attached hydrogen (secondary N) is 1. The first-order valence-corrected chi connectivity index (χ1v) is 6.38. The lowest BCUT2D eigenvalue weighted by Crippen LogP contribution is -2.48. The van der Waals surface area contributed by atoms with Crippen molar-refractivity contribution in [1.82, 2.24) is 10.2 Å². The summed E-state index contributed by atoms with van der Waals surface area (Å²) in [6.07, 6.45) is 5.02. The Morgan fingerprint density at radius 1 is 1.35 bits per heavy atom. The number of thiocarbonyl (C=S) groups is 1. The molecule has 0 aromatic heterocycles. The summed E-state index contributed by atoms with van der Waals surface area (Å²) in [7, 11) is 0. The van der Waals surface area contributed by atoms with Gasteiger partial charge in [0.05, 0.1) is 4.99 Å². The molecule has 2 fully saturated rings. The Balaban J connectivity index is 2.07. The van der Waals surface area contributed by atoms with Gasteiger partial charge in [-0.2, -0.15) is 0 Å². The molecule has 94 valence electrons. The molecule has 0 aromatic rings. The Morgan fingerprint density at radius 3 is 2.59 bits per heavy atom. The number of hydrogen-bond donors (Lipinski definition) is 2. The average molecular weight is 255 g/mol. The van der Waals surface area contributed by atoms with Crippen LogP contribution < -0.4 is 11.1 Å². The van der Waals surface area contributed by atoms with Gasteiger partial charge in [0.15, 0.2) is 0 Å². The highest BCUT2D eigenvalue weighted by atomic mass is 32.1. The van der Waals surface area contributed by atoms with Crippen LogP contribution in [0.4, 0.5) is 4.79 Å².